The van der Waals surface area contributed by atoms with Crippen LogP contribution in [0.4, 0.5) is 4.79 Å². The number of nitrogens with zero attached hydrogens (tertiary/aromatic N) is 1. The van der Waals surface area contributed by atoms with E-state index in [2.05, 4.69) is 0 Å². The Morgan fingerprint density at radius 1 is 1.53 bits per heavy atom. The Bertz CT molecular complexity index is 400. The lowest BCUT2D eigenvalue weighted by Gasteiger charge is -2.49. The normalized spacial score (nSPS) is 39.0. The van der Waals surface area contributed by atoms with Crippen molar-refractivity contribution in [3.05, 3.63) is 0 Å². The summed E-state index contributed by atoms with van der Waals surface area (Å²) in [7, 11) is 0. The molecule has 1 aliphatic carbocycles. The number of carbonyl (C=O) groups excluding carboxylic acids is 2. The van der Waals surface area contributed by atoms with E-state index in [9.17, 15) is 9.59 Å². The fourth-order valence-electron chi connectivity index (χ4n) is 3.05. The quantitative estimate of drug-likeness (QED) is 0.636. The minimum Gasteiger partial charge on any atom is -0.444 e. The van der Waals surface area contributed by atoms with Gasteiger partial charge in [0.1, 0.15) is 11.4 Å². The zero-order chi connectivity index (χ0) is 12.4. The molecule has 2 saturated heterocycles. The molecular formula is C12H17NO4. The molecule has 2 aliphatic heterocycles. The molecule has 0 N–H and O–H groups in total. The highest BCUT2D eigenvalue weighted by Crippen LogP contribution is 2.54. The van der Waals surface area contributed by atoms with Gasteiger partial charge in [-0.25, -0.2) is 4.79 Å². The number of ether oxygens (including phenoxy) is 2. The first kappa shape index (κ1) is 11.0. The lowest BCUT2D eigenvalue weighted by Crippen LogP contribution is -2.65. The predicted octanol–water partition coefficient (Wildman–Crippen LogP) is 1.17. The highest BCUT2D eigenvalue weighted by Gasteiger charge is 2.70. The topological polar surface area (TPSA) is 55.8 Å². The third-order valence-electron chi connectivity index (χ3n) is 3.80. The number of hydrogen-bond donors (Lipinski definition) is 0. The smallest absolute Gasteiger partial charge is 0.412 e. The second-order valence-electron chi connectivity index (χ2n) is 6.10. The van der Waals surface area contributed by atoms with Crippen LogP contribution in [0.1, 0.15) is 27.2 Å². The molecule has 1 amide bonds. The van der Waals surface area contributed by atoms with E-state index in [0.717, 1.165) is 0 Å². The fourth-order valence-corrected chi connectivity index (χ4v) is 3.05. The minimum atomic E-state index is -0.663. The number of hydrogen-bond acceptors (Lipinski definition) is 4. The van der Waals surface area contributed by atoms with Gasteiger partial charge in [-0.05, 0) is 20.8 Å². The monoisotopic (exact) mass is 239 g/mol. The van der Waals surface area contributed by atoms with Gasteiger partial charge in [0.05, 0.1) is 12.5 Å². The Labute approximate surface area is 100 Å². The van der Waals surface area contributed by atoms with Crippen molar-refractivity contribution in [2.24, 2.45) is 11.8 Å². The van der Waals surface area contributed by atoms with E-state index in [1.54, 1.807) is 4.90 Å². The van der Waals surface area contributed by atoms with E-state index < -0.39 is 11.3 Å². The third-order valence-corrected chi connectivity index (χ3v) is 3.80. The van der Waals surface area contributed by atoms with Crippen LogP contribution in [0, 0.1) is 11.8 Å². The van der Waals surface area contributed by atoms with Crippen molar-refractivity contribution in [3.8, 4) is 0 Å². The molecule has 3 atom stereocenters. The van der Waals surface area contributed by atoms with Gasteiger partial charge in [-0.3, -0.25) is 9.69 Å². The third kappa shape index (κ3) is 1.35. The Morgan fingerprint density at radius 2 is 2.24 bits per heavy atom. The molecule has 3 aliphatic rings. The van der Waals surface area contributed by atoms with Crippen LogP contribution in [0.15, 0.2) is 0 Å². The molecule has 2 bridgehead atoms. The summed E-state index contributed by atoms with van der Waals surface area (Å²) in [6.07, 6.45) is 0.285. The first-order valence-electron chi connectivity index (χ1n) is 6.02. The summed E-state index contributed by atoms with van der Waals surface area (Å²) in [5.41, 5.74) is -1.18. The van der Waals surface area contributed by atoms with E-state index in [1.165, 1.54) is 0 Å². The van der Waals surface area contributed by atoms with Gasteiger partial charge in [-0.2, -0.15) is 0 Å². The highest BCUT2D eigenvalue weighted by atomic mass is 16.6. The molecule has 0 aromatic rings. The standard InChI is InChI=1S/C12H17NO4/c1-11(2,3)17-10(15)13-5-7-4-12(13)8(6-16-12)9(7)14/h7-8H,4-6H2,1-3H3. The molecule has 3 fully saturated rings. The molecule has 17 heavy (non-hydrogen) atoms. The lowest BCUT2D eigenvalue weighted by atomic mass is 9.90. The van der Waals surface area contributed by atoms with E-state index in [0.29, 0.717) is 19.6 Å². The van der Waals surface area contributed by atoms with Gasteiger partial charge in [-0.1, -0.05) is 0 Å². The van der Waals surface area contributed by atoms with E-state index in [1.807, 2.05) is 20.8 Å². The summed E-state index contributed by atoms with van der Waals surface area (Å²) in [6, 6.07) is 0. The van der Waals surface area contributed by atoms with Gasteiger partial charge in [0.25, 0.3) is 0 Å². The molecule has 0 aromatic carbocycles. The van der Waals surface area contributed by atoms with Crippen molar-refractivity contribution >= 4 is 11.9 Å². The second-order valence-corrected chi connectivity index (χ2v) is 6.10. The van der Waals surface area contributed by atoms with Crippen LogP contribution in [0.25, 0.3) is 0 Å². The Balaban J connectivity index is 1.79. The zero-order valence-electron chi connectivity index (χ0n) is 10.4. The van der Waals surface area contributed by atoms with Crippen molar-refractivity contribution < 1.29 is 19.1 Å². The number of carbonyl (C=O) groups is 2. The number of Topliss-reactive ketones (excluding diaryl/α,β-unsaturated/α-hetero) is 1. The summed E-state index contributed by atoms with van der Waals surface area (Å²) < 4.78 is 10.9. The maximum absolute atomic E-state index is 12.1. The van der Waals surface area contributed by atoms with Crippen LogP contribution in [-0.2, 0) is 14.3 Å². The molecule has 1 saturated carbocycles. The molecule has 94 valence electrons. The Kier molecular flexibility index (Phi) is 1.95. The van der Waals surface area contributed by atoms with Crippen molar-refractivity contribution in [1.82, 2.24) is 4.90 Å². The summed E-state index contributed by atoms with van der Waals surface area (Å²) in [4.78, 5) is 25.5. The van der Waals surface area contributed by atoms with Crippen molar-refractivity contribution in [2.75, 3.05) is 13.2 Å². The molecule has 1 spiro atoms. The summed E-state index contributed by atoms with van der Waals surface area (Å²) in [5, 5.41) is 0. The van der Waals surface area contributed by atoms with Crippen LogP contribution in [0.3, 0.4) is 0 Å². The first-order chi connectivity index (χ1) is 7.83. The van der Waals surface area contributed by atoms with Gasteiger partial charge in [0, 0.05) is 18.9 Å². The van der Waals surface area contributed by atoms with Crippen molar-refractivity contribution in [2.45, 2.75) is 38.5 Å². The average Bonchev–Trinajstić information content (AvgIpc) is 2.60. The number of amides is 1. The molecule has 5 heteroatoms. The van der Waals surface area contributed by atoms with Gasteiger partial charge < -0.3 is 9.47 Å². The van der Waals surface area contributed by atoms with E-state index in [4.69, 9.17) is 9.47 Å². The highest BCUT2D eigenvalue weighted by molar-refractivity contribution is 5.91. The molecule has 2 heterocycles. The molecule has 5 nitrogen and oxygen atoms in total. The minimum absolute atomic E-state index is 0.0463. The predicted molar refractivity (Wildman–Crippen MR) is 58.2 cm³/mol. The van der Waals surface area contributed by atoms with Gasteiger partial charge in [-0.15, -0.1) is 0 Å². The molecular weight excluding hydrogens is 222 g/mol. The zero-order valence-corrected chi connectivity index (χ0v) is 10.4. The van der Waals surface area contributed by atoms with E-state index in [-0.39, 0.29) is 23.7 Å². The second kappa shape index (κ2) is 3.02. The molecule has 0 radical (unpaired) electrons. The number of likely N-dealkylation sites (tertiary alicyclic amines) is 1. The SMILES string of the molecule is CC(C)(C)OC(=O)N1CC2CC13OCC3C2=O. The average molecular weight is 239 g/mol. The number of ketones is 1. The van der Waals surface area contributed by atoms with Crippen LogP contribution >= 0.6 is 0 Å². The van der Waals surface area contributed by atoms with Gasteiger partial charge in [0.2, 0.25) is 0 Å². The van der Waals surface area contributed by atoms with Crippen LogP contribution < -0.4 is 0 Å². The van der Waals surface area contributed by atoms with E-state index >= 15 is 0 Å². The number of rotatable bonds is 0. The first-order valence-corrected chi connectivity index (χ1v) is 6.02. The fraction of sp³-hybridized carbons (Fsp3) is 0.833. The Morgan fingerprint density at radius 3 is 2.71 bits per heavy atom. The van der Waals surface area contributed by atoms with Crippen molar-refractivity contribution in [3.63, 3.8) is 0 Å². The van der Waals surface area contributed by atoms with Crippen LogP contribution in [-0.4, -0.2) is 41.3 Å². The number of fused-ring (bicyclic) bond motifs is 1. The maximum atomic E-state index is 12.1. The number of piperidine rings is 1. The lowest BCUT2D eigenvalue weighted by molar-refractivity contribution is -0.247. The van der Waals surface area contributed by atoms with Gasteiger partial charge >= 0.3 is 6.09 Å². The maximum Gasteiger partial charge on any atom is 0.412 e. The summed E-state index contributed by atoms with van der Waals surface area (Å²) in [6.45, 7) is 6.41. The van der Waals surface area contributed by atoms with Crippen LogP contribution in [0.2, 0.25) is 0 Å². The van der Waals surface area contributed by atoms with Gasteiger partial charge in [0.15, 0.2) is 5.72 Å². The molecule has 0 aromatic heterocycles. The van der Waals surface area contributed by atoms with Crippen molar-refractivity contribution in [1.29, 1.82) is 0 Å². The molecule has 3 unspecified atom stereocenters. The largest absolute Gasteiger partial charge is 0.444 e. The van der Waals surface area contributed by atoms with Crippen LogP contribution in [0.5, 0.6) is 0 Å². The Hall–Kier alpha value is -1.10. The molecule has 3 rings (SSSR count). The summed E-state index contributed by atoms with van der Waals surface area (Å²) >= 11 is 0. The summed E-state index contributed by atoms with van der Waals surface area (Å²) in [5.74, 6) is 0.0971.